The predicted octanol–water partition coefficient (Wildman–Crippen LogP) is 3.40. The highest BCUT2D eigenvalue weighted by Gasteiger charge is 2.30. The predicted molar refractivity (Wildman–Crippen MR) is 65.0 cm³/mol. The maximum absolute atomic E-state index is 14.0. The average Bonchev–Trinajstić information content (AvgIpc) is 2.28. The highest BCUT2D eigenvalue weighted by molar-refractivity contribution is 5.37. The summed E-state index contributed by atoms with van der Waals surface area (Å²) in [6.45, 7) is 4.97. The lowest BCUT2D eigenvalue weighted by atomic mass is 9.72. The Balaban J connectivity index is 2.49. The van der Waals surface area contributed by atoms with E-state index in [9.17, 15) is 4.39 Å². The second-order valence-electron chi connectivity index (χ2n) is 5.10. The first-order valence-corrected chi connectivity index (χ1v) is 6.13. The molecule has 1 aromatic carbocycles. The topological polar surface area (TPSA) is 26.0 Å². The molecule has 0 spiro atoms. The lowest BCUT2D eigenvalue weighted by molar-refractivity contribution is 0.387. The van der Waals surface area contributed by atoms with Gasteiger partial charge in [0.25, 0.3) is 0 Å². The van der Waals surface area contributed by atoms with Crippen LogP contribution in [-0.2, 0) is 0 Å². The molecule has 1 nitrogen and oxygen atoms in total. The molecule has 0 saturated carbocycles. The third-order valence-electron chi connectivity index (χ3n) is 3.81. The van der Waals surface area contributed by atoms with Gasteiger partial charge in [0.1, 0.15) is 5.82 Å². The van der Waals surface area contributed by atoms with Gasteiger partial charge < -0.3 is 5.73 Å². The van der Waals surface area contributed by atoms with E-state index < -0.39 is 0 Å². The smallest absolute Gasteiger partial charge is 0.126 e. The van der Waals surface area contributed by atoms with Crippen LogP contribution in [0.15, 0.2) is 18.2 Å². The lowest BCUT2D eigenvalue weighted by Gasteiger charge is -2.33. The van der Waals surface area contributed by atoms with E-state index in [-0.39, 0.29) is 5.82 Å². The monoisotopic (exact) mass is 221 g/mol. The molecule has 2 unspecified atom stereocenters. The highest BCUT2D eigenvalue weighted by atomic mass is 19.1. The molecular formula is C14H20FN. The largest absolute Gasteiger partial charge is 0.330 e. The zero-order valence-corrected chi connectivity index (χ0v) is 10.0. The standard InChI is InChI=1S/C14H20FN/c1-9(2)11-7-6-10(8-16)12-4-3-5-13(15)14(11)12/h3-5,9-11H,6-8,16H2,1-2H3. The van der Waals surface area contributed by atoms with Crippen LogP contribution >= 0.6 is 0 Å². The number of hydrogen-bond acceptors (Lipinski definition) is 1. The summed E-state index contributed by atoms with van der Waals surface area (Å²) in [4.78, 5) is 0. The minimum atomic E-state index is -0.0469. The van der Waals surface area contributed by atoms with Crippen LogP contribution in [0.2, 0.25) is 0 Å². The van der Waals surface area contributed by atoms with Crippen LogP contribution in [-0.4, -0.2) is 6.54 Å². The van der Waals surface area contributed by atoms with Crippen LogP contribution in [0.5, 0.6) is 0 Å². The van der Waals surface area contributed by atoms with E-state index in [1.54, 1.807) is 12.1 Å². The van der Waals surface area contributed by atoms with Gasteiger partial charge in [-0.05, 0) is 54.3 Å². The number of nitrogens with two attached hydrogens (primary N) is 1. The van der Waals surface area contributed by atoms with Gasteiger partial charge in [0, 0.05) is 0 Å². The van der Waals surface area contributed by atoms with E-state index in [1.807, 2.05) is 6.07 Å². The molecule has 0 radical (unpaired) electrons. The van der Waals surface area contributed by atoms with E-state index in [1.165, 1.54) is 0 Å². The summed E-state index contributed by atoms with van der Waals surface area (Å²) in [6, 6.07) is 5.43. The fraction of sp³-hybridized carbons (Fsp3) is 0.571. The normalized spacial score (nSPS) is 24.6. The van der Waals surface area contributed by atoms with E-state index in [0.717, 1.165) is 24.0 Å². The van der Waals surface area contributed by atoms with Crippen LogP contribution in [0.3, 0.4) is 0 Å². The SMILES string of the molecule is CC(C)C1CCC(CN)c2cccc(F)c21. The summed E-state index contributed by atoms with van der Waals surface area (Å²) in [5.74, 6) is 1.16. The number of hydrogen-bond donors (Lipinski definition) is 1. The molecule has 2 rings (SSSR count). The zero-order chi connectivity index (χ0) is 11.7. The van der Waals surface area contributed by atoms with Gasteiger partial charge in [0.2, 0.25) is 0 Å². The second-order valence-corrected chi connectivity index (χ2v) is 5.10. The van der Waals surface area contributed by atoms with E-state index in [0.29, 0.717) is 24.3 Å². The summed E-state index contributed by atoms with van der Waals surface area (Å²) < 4.78 is 14.0. The average molecular weight is 221 g/mol. The van der Waals surface area contributed by atoms with Crippen molar-refractivity contribution in [2.75, 3.05) is 6.54 Å². The third-order valence-corrected chi connectivity index (χ3v) is 3.81. The first kappa shape index (κ1) is 11.6. The number of halogens is 1. The first-order chi connectivity index (χ1) is 7.65. The van der Waals surface area contributed by atoms with Crippen molar-refractivity contribution in [2.24, 2.45) is 11.7 Å². The molecule has 16 heavy (non-hydrogen) atoms. The quantitative estimate of drug-likeness (QED) is 0.813. The van der Waals surface area contributed by atoms with Crippen LogP contribution < -0.4 is 5.73 Å². The summed E-state index contributed by atoms with van der Waals surface area (Å²) in [7, 11) is 0. The van der Waals surface area contributed by atoms with Crippen molar-refractivity contribution in [3.8, 4) is 0 Å². The van der Waals surface area contributed by atoms with Crippen molar-refractivity contribution in [1.29, 1.82) is 0 Å². The van der Waals surface area contributed by atoms with Crippen molar-refractivity contribution in [3.63, 3.8) is 0 Å². The maximum atomic E-state index is 14.0. The summed E-state index contributed by atoms with van der Waals surface area (Å²) in [5.41, 5.74) is 7.84. The molecule has 1 aliphatic rings. The Bertz CT molecular complexity index is 373. The van der Waals surface area contributed by atoms with Crippen LogP contribution in [0.4, 0.5) is 4.39 Å². The molecule has 2 N–H and O–H groups in total. The van der Waals surface area contributed by atoms with Crippen molar-refractivity contribution < 1.29 is 4.39 Å². The molecule has 2 heteroatoms. The van der Waals surface area contributed by atoms with Crippen molar-refractivity contribution in [2.45, 2.75) is 38.5 Å². The summed E-state index contributed by atoms with van der Waals surface area (Å²) in [5, 5.41) is 0. The van der Waals surface area contributed by atoms with Gasteiger partial charge in [-0.1, -0.05) is 26.0 Å². The molecule has 0 bridgehead atoms. The Morgan fingerprint density at radius 3 is 2.75 bits per heavy atom. The van der Waals surface area contributed by atoms with E-state index >= 15 is 0 Å². The summed E-state index contributed by atoms with van der Waals surface area (Å²) in [6.07, 6.45) is 2.16. The molecule has 0 aromatic heterocycles. The molecule has 88 valence electrons. The van der Waals surface area contributed by atoms with Gasteiger partial charge in [-0.2, -0.15) is 0 Å². The maximum Gasteiger partial charge on any atom is 0.126 e. The van der Waals surface area contributed by atoms with Crippen molar-refractivity contribution >= 4 is 0 Å². The Morgan fingerprint density at radius 2 is 2.12 bits per heavy atom. The van der Waals surface area contributed by atoms with Gasteiger partial charge in [0.15, 0.2) is 0 Å². The molecule has 0 saturated heterocycles. The molecule has 2 atom stereocenters. The van der Waals surface area contributed by atoms with E-state index in [2.05, 4.69) is 13.8 Å². The number of benzene rings is 1. The first-order valence-electron chi connectivity index (χ1n) is 6.13. The van der Waals surface area contributed by atoms with Crippen molar-refractivity contribution in [1.82, 2.24) is 0 Å². The van der Waals surface area contributed by atoms with Gasteiger partial charge in [0.05, 0.1) is 0 Å². The Hall–Kier alpha value is -0.890. The van der Waals surface area contributed by atoms with Crippen LogP contribution in [0, 0.1) is 11.7 Å². The highest BCUT2D eigenvalue weighted by Crippen LogP contribution is 2.42. The molecular weight excluding hydrogens is 201 g/mol. The zero-order valence-electron chi connectivity index (χ0n) is 10.0. The number of rotatable bonds is 2. The minimum Gasteiger partial charge on any atom is -0.330 e. The third kappa shape index (κ3) is 1.86. The lowest BCUT2D eigenvalue weighted by Crippen LogP contribution is -2.24. The van der Waals surface area contributed by atoms with Crippen LogP contribution in [0.25, 0.3) is 0 Å². The molecule has 0 amide bonds. The Kier molecular flexibility index (Phi) is 3.29. The Morgan fingerprint density at radius 1 is 1.38 bits per heavy atom. The van der Waals surface area contributed by atoms with Gasteiger partial charge in [-0.15, -0.1) is 0 Å². The van der Waals surface area contributed by atoms with Crippen LogP contribution in [0.1, 0.15) is 49.7 Å². The number of fused-ring (bicyclic) bond motifs is 1. The summed E-state index contributed by atoms with van der Waals surface area (Å²) >= 11 is 0. The fourth-order valence-corrected chi connectivity index (χ4v) is 2.89. The van der Waals surface area contributed by atoms with Gasteiger partial charge >= 0.3 is 0 Å². The molecule has 0 heterocycles. The Labute approximate surface area is 96.9 Å². The fourth-order valence-electron chi connectivity index (χ4n) is 2.89. The van der Waals surface area contributed by atoms with E-state index in [4.69, 9.17) is 5.73 Å². The molecule has 0 fully saturated rings. The molecule has 1 aromatic rings. The van der Waals surface area contributed by atoms with Gasteiger partial charge in [-0.25, -0.2) is 4.39 Å². The molecule has 1 aliphatic carbocycles. The molecule has 0 aliphatic heterocycles. The second kappa shape index (κ2) is 4.54. The van der Waals surface area contributed by atoms with Crippen molar-refractivity contribution in [3.05, 3.63) is 35.1 Å². The van der Waals surface area contributed by atoms with Gasteiger partial charge in [-0.3, -0.25) is 0 Å². The minimum absolute atomic E-state index is 0.0469.